The van der Waals surface area contributed by atoms with Gasteiger partial charge in [0.25, 0.3) is 0 Å². The first kappa shape index (κ1) is 15.2. The molecule has 0 unspecified atom stereocenters. The number of nitrogens with zero attached hydrogens (tertiary/aromatic N) is 3. The van der Waals surface area contributed by atoms with Gasteiger partial charge in [0.15, 0.2) is 0 Å². The molecule has 2 rings (SSSR count). The Morgan fingerprint density at radius 1 is 1.45 bits per heavy atom. The van der Waals surface area contributed by atoms with E-state index >= 15 is 0 Å². The number of likely N-dealkylation sites (N-methyl/N-ethyl adjacent to an activating group) is 1. The zero-order valence-electron chi connectivity index (χ0n) is 12.9. The van der Waals surface area contributed by atoms with E-state index in [2.05, 4.69) is 27.1 Å². The Morgan fingerprint density at radius 3 is 2.90 bits per heavy atom. The molecule has 0 spiro atoms. The smallest absolute Gasteiger partial charge is 0.225 e. The van der Waals surface area contributed by atoms with Gasteiger partial charge < -0.3 is 15.0 Å². The van der Waals surface area contributed by atoms with Gasteiger partial charge in [0, 0.05) is 44.2 Å². The predicted octanol–water partition coefficient (Wildman–Crippen LogP) is 1.76. The second-order valence-electron chi connectivity index (χ2n) is 5.50. The average Bonchev–Trinajstić information content (AvgIpc) is 3.26. The number of anilines is 1. The minimum absolute atomic E-state index is 0.745. The molecule has 0 atom stereocenters. The van der Waals surface area contributed by atoms with Gasteiger partial charge in [-0.15, -0.1) is 0 Å². The van der Waals surface area contributed by atoms with Crippen LogP contribution in [-0.4, -0.2) is 43.3 Å². The summed E-state index contributed by atoms with van der Waals surface area (Å²) in [5.41, 5.74) is 2.20. The highest BCUT2D eigenvalue weighted by molar-refractivity contribution is 5.31. The van der Waals surface area contributed by atoms with Crippen LogP contribution in [0.1, 0.15) is 31.0 Å². The van der Waals surface area contributed by atoms with Crippen molar-refractivity contribution >= 4 is 5.95 Å². The maximum Gasteiger partial charge on any atom is 0.225 e. The third kappa shape index (κ3) is 4.72. The van der Waals surface area contributed by atoms with Gasteiger partial charge in [-0.2, -0.15) is 0 Å². The number of nitrogens with one attached hydrogen (secondary N) is 1. The molecule has 0 radical (unpaired) electrons. The highest BCUT2D eigenvalue weighted by Gasteiger charge is 2.21. The highest BCUT2D eigenvalue weighted by atomic mass is 16.5. The van der Waals surface area contributed by atoms with Crippen LogP contribution in [0.5, 0.6) is 0 Å². The SMILES string of the molecule is CCNCc1cnc(N(C)CCOCC2CC2)nc1C. The van der Waals surface area contributed by atoms with E-state index in [1.807, 2.05) is 20.2 Å². The van der Waals surface area contributed by atoms with Gasteiger partial charge in [-0.3, -0.25) is 0 Å². The average molecular weight is 278 g/mol. The van der Waals surface area contributed by atoms with E-state index in [0.29, 0.717) is 0 Å². The van der Waals surface area contributed by atoms with Crippen LogP contribution in [0.3, 0.4) is 0 Å². The summed E-state index contributed by atoms with van der Waals surface area (Å²) in [6, 6.07) is 0. The number of hydrogen-bond acceptors (Lipinski definition) is 5. The zero-order valence-corrected chi connectivity index (χ0v) is 12.9. The zero-order chi connectivity index (χ0) is 14.4. The van der Waals surface area contributed by atoms with Crippen LogP contribution in [0.2, 0.25) is 0 Å². The molecule has 1 saturated carbocycles. The molecule has 0 aliphatic heterocycles. The van der Waals surface area contributed by atoms with Crippen LogP contribution in [0.25, 0.3) is 0 Å². The number of aromatic nitrogens is 2. The summed E-state index contributed by atoms with van der Waals surface area (Å²) in [4.78, 5) is 11.1. The lowest BCUT2D eigenvalue weighted by molar-refractivity contribution is 0.130. The lowest BCUT2D eigenvalue weighted by atomic mass is 10.2. The molecule has 5 heteroatoms. The molecule has 0 saturated heterocycles. The van der Waals surface area contributed by atoms with Crippen LogP contribution in [0.4, 0.5) is 5.95 Å². The number of rotatable bonds is 9. The molecule has 1 aliphatic carbocycles. The monoisotopic (exact) mass is 278 g/mol. The Labute approximate surface area is 121 Å². The molecule has 0 bridgehead atoms. The van der Waals surface area contributed by atoms with Crippen molar-refractivity contribution in [3.8, 4) is 0 Å². The van der Waals surface area contributed by atoms with Crippen molar-refractivity contribution in [2.75, 3.05) is 38.3 Å². The number of hydrogen-bond donors (Lipinski definition) is 1. The largest absolute Gasteiger partial charge is 0.379 e. The predicted molar refractivity (Wildman–Crippen MR) is 81.0 cm³/mol. The van der Waals surface area contributed by atoms with Gasteiger partial charge >= 0.3 is 0 Å². The first-order valence-corrected chi connectivity index (χ1v) is 7.52. The molecule has 0 aromatic carbocycles. The summed E-state index contributed by atoms with van der Waals surface area (Å²) in [7, 11) is 2.01. The summed E-state index contributed by atoms with van der Waals surface area (Å²) >= 11 is 0. The van der Waals surface area contributed by atoms with E-state index in [1.165, 1.54) is 12.8 Å². The summed E-state index contributed by atoms with van der Waals surface area (Å²) in [5.74, 6) is 1.60. The lowest BCUT2D eigenvalue weighted by Gasteiger charge is -2.18. The van der Waals surface area contributed by atoms with Gasteiger partial charge in [-0.1, -0.05) is 6.92 Å². The standard InChI is InChI=1S/C15H26N4O/c1-4-16-9-14-10-17-15(18-12(14)2)19(3)7-8-20-11-13-5-6-13/h10,13,16H,4-9,11H2,1-3H3. The topological polar surface area (TPSA) is 50.3 Å². The fourth-order valence-corrected chi connectivity index (χ4v) is 1.93. The van der Waals surface area contributed by atoms with Crippen molar-refractivity contribution in [1.82, 2.24) is 15.3 Å². The van der Waals surface area contributed by atoms with Crippen LogP contribution < -0.4 is 10.2 Å². The molecular weight excluding hydrogens is 252 g/mol. The van der Waals surface area contributed by atoms with Crippen molar-refractivity contribution in [2.45, 2.75) is 33.2 Å². The molecule has 1 N–H and O–H groups in total. The molecular formula is C15H26N4O. The van der Waals surface area contributed by atoms with Crippen LogP contribution in [0.15, 0.2) is 6.20 Å². The molecule has 1 aromatic heterocycles. The van der Waals surface area contributed by atoms with Crippen LogP contribution >= 0.6 is 0 Å². The molecule has 1 aliphatic rings. The third-order valence-electron chi connectivity index (χ3n) is 3.60. The van der Waals surface area contributed by atoms with Crippen LogP contribution in [0, 0.1) is 12.8 Å². The van der Waals surface area contributed by atoms with E-state index < -0.39 is 0 Å². The maximum atomic E-state index is 5.65. The molecule has 1 aromatic rings. The van der Waals surface area contributed by atoms with Gasteiger partial charge in [-0.05, 0) is 32.2 Å². The minimum atomic E-state index is 0.745. The van der Waals surface area contributed by atoms with Crippen LogP contribution in [-0.2, 0) is 11.3 Å². The number of ether oxygens (including phenoxy) is 1. The third-order valence-corrected chi connectivity index (χ3v) is 3.60. The van der Waals surface area contributed by atoms with E-state index in [0.717, 1.165) is 56.0 Å². The normalized spacial score (nSPS) is 14.6. The lowest BCUT2D eigenvalue weighted by Crippen LogP contribution is -2.25. The Balaban J connectivity index is 1.78. The van der Waals surface area contributed by atoms with Gasteiger partial charge in [0.05, 0.1) is 6.61 Å². The quantitative estimate of drug-likeness (QED) is 0.698. The maximum absolute atomic E-state index is 5.65. The fraction of sp³-hybridized carbons (Fsp3) is 0.733. The fourth-order valence-electron chi connectivity index (χ4n) is 1.93. The molecule has 0 amide bonds. The Hall–Kier alpha value is -1.20. The molecule has 5 nitrogen and oxygen atoms in total. The summed E-state index contributed by atoms with van der Waals surface area (Å²) < 4.78 is 5.65. The second kappa shape index (κ2) is 7.55. The molecule has 112 valence electrons. The Morgan fingerprint density at radius 2 is 2.25 bits per heavy atom. The Bertz CT molecular complexity index is 420. The van der Waals surface area contributed by atoms with Gasteiger partial charge in [0.2, 0.25) is 5.95 Å². The minimum Gasteiger partial charge on any atom is -0.379 e. The second-order valence-corrected chi connectivity index (χ2v) is 5.50. The van der Waals surface area contributed by atoms with Crippen molar-refractivity contribution in [2.24, 2.45) is 5.92 Å². The summed E-state index contributed by atoms with van der Waals surface area (Å²) in [6.45, 7) is 8.41. The van der Waals surface area contributed by atoms with Crippen molar-refractivity contribution in [1.29, 1.82) is 0 Å². The first-order valence-electron chi connectivity index (χ1n) is 7.52. The van der Waals surface area contributed by atoms with E-state index in [1.54, 1.807) is 0 Å². The molecule has 1 fully saturated rings. The van der Waals surface area contributed by atoms with E-state index in [-0.39, 0.29) is 0 Å². The summed E-state index contributed by atoms with van der Waals surface area (Å²) in [5, 5.41) is 3.30. The number of aryl methyl sites for hydroxylation is 1. The van der Waals surface area contributed by atoms with Gasteiger partial charge in [0.1, 0.15) is 0 Å². The first-order chi connectivity index (χ1) is 9.70. The van der Waals surface area contributed by atoms with Crippen molar-refractivity contribution < 1.29 is 4.74 Å². The van der Waals surface area contributed by atoms with Crippen molar-refractivity contribution in [3.05, 3.63) is 17.5 Å². The molecule has 1 heterocycles. The molecule has 20 heavy (non-hydrogen) atoms. The Kier molecular flexibility index (Phi) is 5.73. The van der Waals surface area contributed by atoms with E-state index in [4.69, 9.17) is 4.74 Å². The highest BCUT2D eigenvalue weighted by Crippen LogP contribution is 2.28. The van der Waals surface area contributed by atoms with E-state index in [9.17, 15) is 0 Å². The van der Waals surface area contributed by atoms with Crippen molar-refractivity contribution in [3.63, 3.8) is 0 Å². The van der Waals surface area contributed by atoms with Gasteiger partial charge in [-0.25, -0.2) is 9.97 Å². The summed E-state index contributed by atoms with van der Waals surface area (Å²) in [6.07, 6.45) is 4.60.